The fourth-order valence-corrected chi connectivity index (χ4v) is 3.89. The molecule has 2 aromatic heterocycles. The van der Waals surface area contributed by atoms with Crippen molar-refractivity contribution in [2.45, 2.75) is 25.8 Å². The van der Waals surface area contributed by atoms with Crippen molar-refractivity contribution in [3.05, 3.63) is 45.7 Å². The lowest BCUT2D eigenvalue weighted by atomic mass is 10.1. The van der Waals surface area contributed by atoms with E-state index in [4.69, 9.17) is 11.6 Å². The minimum Gasteiger partial charge on any atom is -0.296 e. The zero-order chi connectivity index (χ0) is 16.4. The lowest BCUT2D eigenvalue weighted by Gasteiger charge is -2.25. The SMILES string of the molecule is Clc1cccc(/C=C\c2nn3c(CN4CCCCC4)nnc3s2)c1. The van der Waals surface area contributed by atoms with Crippen LogP contribution in [0.3, 0.4) is 0 Å². The summed E-state index contributed by atoms with van der Waals surface area (Å²) in [6.45, 7) is 3.10. The van der Waals surface area contributed by atoms with E-state index in [0.29, 0.717) is 0 Å². The Bertz CT molecular complexity index is 863. The highest BCUT2D eigenvalue weighted by Gasteiger charge is 2.16. The molecule has 0 bridgehead atoms. The van der Waals surface area contributed by atoms with E-state index in [1.165, 1.54) is 19.3 Å². The van der Waals surface area contributed by atoms with Gasteiger partial charge in [0.1, 0.15) is 5.01 Å². The van der Waals surface area contributed by atoms with Crippen molar-refractivity contribution in [2.24, 2.45) is 0 Å². The molecule has 4 rings (SSSR count). The Balaban J connectivity index is 1.53. The summed E-state index contributed by atoms with van der Waals surface area (Å²) < 4.78 is 1.87. The third kappa shape index (κ3) is 3.50. The molecular weight excluding hydrogens is 342 g/mol. The van der Waals surface area contributed by atoms with Crippen molar-refractivity contribution in [1.82, 2.24) is 24.7 Å². The quantitative estimate of drug-likeness (QED) is 0.706. The minimum atomic E-state index is 0.735. The number of rotatable bonds is 4. The molecule has 1 fully saturated rings. The molecule has 7 heteroatoms. The molecule has 0 spiro atoms. The van der Waals surface area contributed by atoms with Crippen molar-refractivity contribution in [2.75, 3.05) is 13.1 Å². The summed E-state index contributed by atoms with van der Waals surface area (Å²) in [7, 11) is 0. The normalized spacial score (nSPS) is 16.4. The summed E-state index contributed by atoms with van der Waals surface area (Å²) in [4.78, 5) is 3.27. The summed E-state index contributed by atoms with van der Waals surface area (Å²) in [5.74, 6) is 0.922. The molecule has 0 unspecified atom stereocenters. The fraction of sp³-hybridized carbons (Fsp3) is 0.353. The smallest absolute Gasteiger partial charge is 0.235 e. The molecule has 0 saturated carbocycles. The zero-order valence-electron chi connectivity index (χ0n) is 13.2. The number of hydrogen-bond acceptors (Lipinski definition) is 5. The van der Waals surface area contributed by atoms with Gasteiger partial charge in [0.25, 0.3) is 0 Å². The summed E-state index contributed by atoms with van der Waals surface area (Å²) in [5.41, 5.74) is 1.06. The topological polar surface area (TPSA) is 46.3 Å². The highest BCUT2D eigenvalue weighted by Crippen LogP contribution is 2.19. The number of fused-ring (bicyclic) bond motifs is 1. The molecule has 3 heterocycles. The molecule has 124 valence electrons. The van der Waals surface area contributed by atoms with Crippen LogP contribution in [-0.2, 0) is 6.54 Å². The molecule has 1 aliphatic heterocycles. The molecule has 24 heavy (non-hydrogen) atoms. The predicted molar refractivity (Wildman–Crippen MR) is 98.2 cm³/mol. The van der Waals surface area contributed by atoms with Gasteiger partial charge in [-0.15, -0.1) is 10.2 Å². The maximum Gasteiger partial charge on any atom is 0.235 e. The van der Waals surface area contributed by atoms with Crippen molar-refractivity contribution >= 4 is 40.1 Å². The first kappa shape index (κ1) is 15.7. The summed E-state index contributed by atoms with van der Waals surface area (Å²) >= 11 is 7.56. The first-order valence-electron chi connectivity index (χ1n) is 8.15. The van der Waals surface area contributed by atoms with Gasteiger partial charge in [-0.3, -0.25) is 4.90 Å². The van der Waals surface area contributed by atoms with E-state index >= 15 is 0 Å². The molecular formula is C17H18ClN5S. The van der Waals surface area contributed by atoms with Crippen LogP contribution in [0.1, 0.15) is 35.7 Å². The number of halogens is 1. The van der Waals surface area contributed by atoms with Crippen LogP contribution in [0.4, 0.5) is 0 Å². The van der Waals surface area contributed by atoms with Crippen LogP contribution in [0.5, 0.6) is 0 Å². The molecule has 1 aromatic carbocycles. The Labute approximate surface area is 149 Å². The molecule has 5 nitrogen and oxygen atoms in total. The molecule has 0 N–H and O–H groups in total. The van der Waals surface area contributed by atoms with Crippen LogP contribution in [0.25, 0.3) is 17.1 Å². The Hall–Kier alpha value is -1.76. The molecule has 0 amide bonds. The Morgan fingerprint density at radius 1 is 1.12 bits per heavy atom. The molecule has 0 radical (unpaired) electrons. The second kappa shape index (κ2) is 7.01. The van der Waals surface area contributed by atoms with Crippen LogP contribution in [0.15, 0.2) is 24.3 Å². The highest BCUT2D eigenvalue weighted by molar-refractivity contribution is 7.17. The van der Waals surface area contributed by atoms with E-state index in [1.54, 1.807) is 11.3 Å². The highest BCUT2D eigenvalue weighted by atomic mass is 35.5. The fourth-order valence-electron chi connectivity index (χ4n) is 2.93. The number of piperidine rings is 1. The van der Waals surface area contributed by atoms with E-state index in [1.807, 2.05) is 40.9 Å². The van der Waals surface area contributed by atoms with Crippen molar-refractivity contribution < 1.29 is 0 Å². The van der Waals surface area contributed by atoms with Gasteiger partial charge < -0.3 is 0 Å². The second-order valence-electron chi connectivity index (χ2n) is 5.98. The summed E-state index contributed by atoms with van der Waals surface area (Å²) in [5, 5.41) is 14.9. The zero-order valence-corrected chi connectivity index (χ0v) is 14.8. The lowest BCUT2D eigenvalue weighted by molar-refractivity contribution is 0.214. The molecule has 0 aliphatic carbocycles. The average Bonchev–Trinajstić information content (AvgIpc) is 3.16. The minimum absolute atomic E-state index is 0.735. The van der Waals surface area contributed by atoms with Crippen LogP contribution in [-0.4, -0.2) is 37.8 Å². The van der Waals surface area contributed by atoms with Gasteiger partial charge in [-0.25, -0.2) is 0 Å². The third-order valence-electron chi connectivity index (χ3n) is 4.15. The van der Waals surface area contributed by atoms with Crippen molar-refractivity contribution in [1.29, 1.82) is 0 Å². The summed E-state index contributed by atoms with van der Waals surface area (Å²) in [6.07, 6.45) is 7.89. The van der Waals surface area contributed by atoms with Crippen LogP contribution >= 0.6 is 22.9 Å². The van der Waals surface area contributed by atoms with Gasteiger partial charge in [0, 0.05) is 5.02 Å². The van der Waals surface area contributed by atoms with Gasteiger partial charge in [0.05, 0.1) is 6.54 Å². The van der Waals surface area contributed by atoms with E-state index < -0.39 is 0 Å². The number of aromatic nitrogens is 4. The molecule has 0 atom stereocenters. The monoisotopic (exact) mass is 359 g/mol. The van der Waals surface area contributed by atoms with Gasteiger partial charge >= 0.3 is 0 Å². The van der Waals surface area contributed by atoms with Gasteiger partial charge in [0.2, 0.25) is 4.96 Å². The maximum atomic E-state index is 6.01. The number of likely N-dealkylation sites (tertiary alicyclic amines) is 1. The largest absolute Gasteiger partial charge is 0.296 e. The van der Waals surface area contributed by atoms with Gasteiger partial charge in [-0.2, -0.15) is 9.61 Å². The second-order valence-corrected chi connectivity index (χ2v) is 7.40. The van der Waals surface area contributed by atoms with E-state index in [2.05, 4.69) is 20.2 Å². The van der Waals surface area contributed by atoms with Gasteiger partial charge in [-0.05, 0) is 49.7 Å². The van der Waals surface area contributed by atoms with E-state index in [0.717, 1.165) is 46.0 Å². The summed E-state index contributed by atoms with van der Waals surface area (Å²) in [6, 6.07) is 7.76. The van der Waals surface area contributed by atoms with Gasteiger partial charge in [0.15, 0.2) is 5.82 Å². The van der Waals surface area contributed by atoms with Crippen LogP contribution < -0.4 is 0 Å². The number of benzene rings is 1. The maximum absolute atomic E-state index is 6.01. The standard InChI is InChI=1S/C17H18ClN5S/c18-14-6-4-5-13(11-14)7-8-16-21-23-15(19-20-17(23)24-16)12-22-9-2-1-3-10-22/h4-8,11H,1-3,9-10,12H2/b8-7-. The Morgan fingerprint density at radius 2 is 2.00 bits per heavy atom. The molecule has 1 saturated heterocycles. The third-order valence-corrected chi connectivity index (χ3v) is 5.25. The van der Waals surface area contributed by atoms with Crippen molar-refractivity contribution in [3.63, 3.8) is 0 Å². The molecule has 3 aromatic rings. The average molecular weight is 360 g/mol. The molecule has 1 aliphatic rings. The van der Waals surface area contributed by atoms with E-state index in [-0.39, 0.29) is 0 Å². The first-order chi connectivity index (χ1) is 11.8. The van der Waals surface area contributed by atoms with Gasteiger partial charge in [-0.1, -0.05) is 47.6 Å². The first-order valence-corrected chi connectivity index (χ1v) is 9.34. The number of hydrogen-bond donors (Lipinski definition) is 0. The van der Waals surface area contributed by atoms with Crippen LogP contribution in [0, 0.1) is 0 Å². The van der Waals surface area contributed by atoms with E-state index in [9.17, 15) is 0 Å². The Kier molecular flexibility index (Phi) is 4.60. The van der Waals surface area contributed by atoms with Crippen molar-refractivity contribution in [3.8, 4) is 0 Å². The lowest BCUT2D eigenvalue weighted by Crippen LogP contribution is -2.30. The van der Waals surface area contributed by atoms with Crippen LogP contribution in [0.2, 0.25) is 5.02 Å². The number of nitrogens with zero attached hydrogens (tertiary/aromatic N) is 5. The Morgan fingerprint density at radius 3 is 2.83 bits per heavy atom. The predicted octanol–water partition coefficient (Wildman–Crippen LogP) is 4.00.